The number of halogens is 4. The van der Waals surface area contributed by atoms with Gasteiger partial charge in [-0.25, -0.2) is 4.39 Å². The number of aryl methyl sites for hydroxylation is 1. The summed E-state index contributed by atoms with van der Waals surface area (Å²) in [7, 11) is 0. The third-order valence-electron chi connectivity index (χ3n) is 4.40. The van der Waals surface area contributed by atoms with Crippen molar-refractivity contribution in [2.45, 2.75) is 26.9 Å². The molecule has 1 aliphatic rings. The molecule has 0 fully saturated rings. The van der Waals surface area contributed by atoms with Crippen LogP contribution in [0.2, 0.25) is 0 Å². The minimum Gasteiger partial charge on any atom is -0.358 e. The first-order valence-corrected chi connectivity index (χ1v) is 8.50. The molecule has 0 bridgehead atoms. The van der Waals surface area contributed by atoms with E-state index in [9.17, 15) is 27.2 Å². The number of aromatic nitrogens is 1. The fraction of sp³-hybridized carbons (Fsp3) is 0.200. The van der Waals surface area contributed by atoms with E-state index in [0.29, 0.717) is 0 Å². The van der Waals surface area contributed by atoms with E-state index in [1.165, 1.54) is 20.8 Å². The molecule has 0 spiro atoms. The van der Waals surface area contributed by atoms with E-state index >= 15 is 0 Å². The second-order valence-electron chi connectivity index (χ2n) is 6.76. The number of aromatic amines is 1. The van der Waals surface area contributed by atoms with Gasteiger partial charge in [-0.2, -0.15) is 13.2 Å². The molecule has 2 amide bonds. The van der Waals surface area contributed by atoms with Crippen LogP contribution in [-0.2, 0) is 15.8 Å². The Bertz CT molecular complexity index is 1090. The Hall–Kier alpha value is -3.36. The van der Waals surface area contributed by atoms with Gasteiger partial charge in [-0.1, -0.05) is 6.58 Å². The predicted molar refractivity (Wildman–Crippen MR) is 102 cm³/mol. The Morgan fingerprint density at radius 1 is 1.24 bits per heavy atom. The summed E-state index contributed by atoms with van der Waals surface area (Å²) in [5.41, 5.74) is -0.880. The van der Waals surface area contributed by atoms with Gasteiger partial charge in [0.2, 0.25) is 5.91 Å². The molecule has 0 saturated heterocycles. The van der Waals surface area contributed by atoms with Crippen molar-refractivity contribution >= 4 is 40.4 Å². The number of hydrogen-bond donors (Lipinski definition) is 3. The second kappa shape index (κ2) is 6.91. The number of fused-ring (bicyclic) bond motifs is 1. The largest absolute Gasteiger partial charge is 0.419 e. The number of hydrogen-bond acceptors (Lipinski definition) is 2. The lowest BCUT2D eigenvalue weighted by Crippen LogP contribution is -2.10. The number of amides is 2. The van der Waals surface area contributed by atoms with Gasteiger partial charge in [0.15, 0.2) is 0 Å². The van der Waals surface area contributed by atoms with Gasteiger partial charge in [-0.15, -0.1) is 0 Å². The third kappa shape index (κ3) is 3.67. The molecule has 9 heteroatoms. The molecule has 0 radical (unpaired) electrons. The fourth-order valence-electron chi connectivity index (χ4n) is 3.42. The van der Waals surface area contributed by atoms with Crippen molar-refractivity contribution in [3.63, 3.8) is 0 Å². The van der Waals surface area contributed by atoms with E-state index in [4.69, 9.17) is 0 Å². The summed E-state index contributed by atoms with van der Waals surface area (Å²) in [6.07, 6.45) is -3.67. The maximum Gasteiger partial charge on any atom is 0.419 e. The summed E-state index contributed by atoms with van der Waals surface area (Å²) in [5.74, 6) is -1.96. The lowest BCUT2D eigenvalue weighted by atomic mass is 9.99. The molecule has 3 N–H and O–H groups in total. The van der Waals surface area contributed by atoms with Crippen LogP contribution in [-0.4, -0.2) is 16.8 Å². The van der Waals surface area contributed by atoms with Gasteiger partial charge in [-0.05, 0) is 37.6 Å². The van der Waals surface area contributed by atoms with Crippen molar-refractivity contribution in [2.75, 3.05) is 10.6 Å². The highest BCUT2D eigenvalue weighted by Gasteiger charge is 2.39. The monoisotopic (exact) mass is 407 g/mol. The number of rotatable bonds is 3. The second-order valence-corrected chi connectivity index (χ2v) is 6.76. The molecule has 0 saturated carbocycles. The van der Waals surface area contributed by atoms with Crippen molar-refractivity contribution in [1.82, 2.24) is 4.98 Å². The summed E-state index contributed by atoms with van der Waals surface area (Å²) < 4.78 is 55.2. The van der Waals surface area contributed by atoms with E-state index in [-0.39, 0.29) is 45.0 Å². The van der Waals surface area contributed by atoms with Gasteiger partial charge in [0.25, 0.3) is 5.91 Å². The molecule has 0 atom stereocenters. The molecule has 1 aromatic heterocycles. The van der Waals surface area contributed by atoms with E-state index < -0.39 is 29.4 Å². The number of alkyl halides is 3. The Morgan fingerprint density at radius 3 is 2.45 bits per heavy atom. The summed E-state index contributed by atoms with van der Waals surface area (Å²) in [5, 5.41) is 4.86. The van der Waals surface area contributed by atoms with Gasteiger partial charge in [0, 0.05) is 23.7 Å². The minimum absolute atomic E-state index is 0.0191. The van der Waals surface area contributed by atoms with Crippen molar-refractivity contribution in [2.24, 2.45) is 0 Å². The van der Waals surface area contributed by atoms with Crippen LogP contribution >= 0.6 is 0 Å². The average Bonchev–Trinajstić information content (AvgIpc) is 3.05. The average molecular weight is 407 g/mol. The molecule has 5 nitrogen and oxygen atoms in total. The zero-order valence-electron chi connectivity index (χ0n) is 15.8. The van der Waals surface area contributed by atoms with Gasteiger partial charge in [0.05, 0.1) is 28.2 Å². The number of allylic oxidation sites excluding steroid dienone is 1. The van der Waals surface area contributed by atoms with E-state index in [1.807, 2.05) is 0 Å². The summed E-state index contributed by atoms with van der Waals surface area (Å²) in [6, 6.07) is 2.04. The van der Waals surface area contributed by atoms with Gasteiger partial charge >= 0.3 is 6.18 Å². The smallest absolute Gasteiger partial charge is 0.358 e. The van der Waals surface area contributed by atoms with Crippen LogP contribution in [0.4, 0.5) is 28.9 Å². The van der Waals surface area contributed by atoms with Crippen LogP contribution in [0.15, 0.2) is 18.7 Å². The molecule has 0 unspecified atom stereocenters. The minimum atomic E-state index is -4.70. The van der Waals surface area contributed by atoms with Crippen molar-refractivity contribution in [3.05, 3.63) is 52.6 Å². The van der Waals surface area contributed by atoms with E-state index in [2.05, 4.69) is 22.2 Å². The first-order valence-electron chi connectivity index (χ1n) is 8.50. The molecular weight excluding hydrogens is 390 g/mol. The lowest BCUT2D eigenvalue weighted by Gasteiger charge is -2.10. The Kier molecular flexibility index (Phi) is 4.86. The van der Waals surface area contributed by atoms with Crippen LogP contribution < -0.4 is 10.6 Å². The van der Waals surface area contributed by atoms with Crippen LogP contribution in [0.3, 0.4) is 0 Å². The first kappa shape index (κ1) is 20.4. The molecule has 2 heterocycles. The third-order valence-corrected chi connectivity index (χ3v) is 4.40. The number of benzene rings is 1. The standard InChI is InChI=1S/C20H17F4N3O2/c1-8(2)16-9(3)25-14(17(16)20(22,23)24)7-13-12-5-11(21)6-15(26-10(4)28)18(12)27-19(13)29/h5-7,25H,1H2,2-4H3,(H,26,28)(H,27,29)/b13-7-. The summed E-state index contributed by atoms with van der Waals surface area (Å²) in [4.78, 5) is 26.4. The molecule has 1 aliphatic heterocycles. The molecular formula is C20H17F4N3O2. The van der Waals surface area contributed by atoms with Crippen LogP contribution in [0, 0.1) is 12.7 Å². The van der Waals surface area contributed by atoms with E-state index in [1.54, 1.807) is 0 Å². The van der Waals surface area contributed by atoms with E-state index in [0.717, 1.165) is 18.2 Å². The Balaban J connectivity index is 2.24. The highest BCUT2D eigenvalue weighted by atomic mass is 19.4. The van der Waals surface area contributed by atoms with Gasteiger partial charge < -0.3 is 15.6 Å². The van der Waals surface area contributed by atoms with Crippen LogP contribution in [0.5, 0.6) is 0 Å². The zero-order chi connectivity index (χ0) is 21.7. The number of nitrogens with one attached hydrogen (secondary N) is 3. The lowest BCUT2D eigenvalue weighted by molar-refractivity contribution is -0.137. The molecule has 1 aromatic carbocycles. The summed E-state index contributed by atoms with van der Waals surface area (Å²) >= 11 is 0. The molecule has 2 aromatic rings. The maximum atomic E-state index is 14.0. The number of anilines is 2. The topological polar surface area (TPSA) is 74.0 Å². The number of carbonyl (C=O) groups excluding carboxylic acids is 2. The van der Waals surface area contributed by atoms with Crippen LogP contribution in [0.25, 0.3) is 17.2 Å². The highest BCUT2D eigenvalue weighted by molar-refractivity contribution is 6.36. The summed E-state index contributed by atoms with van der Waals surface area (Å²) in [6.45, 7) is 7.73. The Morgan fingerprint density at radius 2 is 1.90 bits per heavy atom. The highest BCUT2D eigenvalue weighted by Crippen LogP contribution is 2.43. The fourth-order valence-corrected chi connectivity index (χ4v) is 3.42. The SMILES string of the molecule is C=C(C)c1c(C)[nH]c(/C=C2\C(=O)Nc3c(NC(C)=O)cc(F)cc32)c1C(F)(F)F. The number of H-pyrrole nitrogens is 1. The maximum absolute atomic E-state index is 14.0. The van der Waals surface area contributed by atoms with Gasteiger partial charge in [0.1, 0.15) is 5.82 Å². The Labute approximate surface area is 163 Å². The number of carbonyl (C=O) groups is 2. The molecule has 29 heavy (non-hydrogen) atoms. The molecule has 0 aliphatic carbocycles. The zero-order valence-corrected chi connectivity index (χ0v) is 15.8. The van der Waals surface area contributed by atoms with Crippen LogP contribution in [0.1, 0.15) is 41.9 Å². The normalized spacial score (nSPS) is 14.7. The van der Waals surface area contributed by atoms with Crippen molar-refractivity contribution in [1.29, 1.82) is 0 Å². The molecule has 152 valence electrons. The van der Waals surface area contributed by atoms with Crippen molar-refractivity contribution in [3.8, 4) is 0 Å². The predicted octanol–water partition coefficient (Wildman–Crippen LogP) is 4.97. The van der Waals surface area contributed by atoms with Crippen molar-refractivity contribution < 1.29 is 27.2 Å². The molecule has 3 rings (SSSR count). The quantitative estimate of drug-likeness (QED) is 0.497. The van der Waals surface area contributed by atoms with Gasteiger partial charge in [-0.3, -0.25) is 9.59 Å². The first-order chi connectivity index (χ1) is 13.4.